The smallest absolute Gasteiger partial charge is 0.149 e. The zero-order chi connectivity index (χ0) is 12.3. The third-order valence-electron chi connectivity index (χ3n) is 2.08. The van der Waals surface area contributed by atoms with Gasteiger partial charge in [0.25, 0.3) is 0 Å². The molecule has 0 amide bonds. The SMILES string of the molecule is Cc1ccnc(CN[S@@+]([O-])C(C)(C)C)c1F. The summed E-state index contributed by atoms with van der Waals surface area (Å²) < 4.78 is 27.6. The molecule has 5 heteroatoms. The van der Waals surface area contributed by atoms with Crippen molar-refractivity contribution < 1.29 is 8.94 Å². The van der Waals surface area contributed by atoms with Gasteiger partial charge in [0.2, 0.25) is 0 Å². The standard InChI is InChI=1S/C11H17FN2OS/c1-8-5-6-13-9(10(8)12)7-14-16(15)11(2,3)4/h5-6,14H,7H2,1-4H3/t16-/m0/s1. The summed E-state index contributed by atoms with van der Waals surface area (Å²) in [4.78, 5) is 3.92. The molecule has 1 N–H and O–H groups in total. The number of hydrogen-bond acceptors (Lipinski definition) is 3. The molecule has 0 fully saturated rings. The van der Waals surface area contributed by atoms with E-state index in [1.54, 1.807) is 19.2 Å². The van der Waals surface area contributed by atoms with Crippen LogP contribution in [0.1, 0.15) is 32.0 Å². The summed E-state index contributed by atoms with van der Waals surface area (Å²) in [5.41, 5.74) is 0.853. The fraction of sp³-hybridized carbons (Fsp3) is 0.545. The molecule has 3 nitrogen and oxygen atoms in total. The van der Waals surface area contributed by atoms with E-state index in [-0.39, 0.29) is 17.1 Å². The van der Waals surface area contributed by atoms with Gasteiger partial charge in [-0.15, -0.1) is 4.72 Å². The van der Waals surface area contributed by atoms with Gasteiger partial charge in [0.15, 0.2) is 0 Å². The fourth-order valence-corrected chi connectivity index (χ4v) is 1.77. The Morgan fingerprint density at radius 2 is 2.12 bits per heavy atom. The lowest BCUT2D eigenvalue weighted by Gasteiger charge is -2.23. The van der Waals surface area contributed by atoms with Crippen molar-refractivity contribution >= 4 is 11.4 Å². The number of aryl methyl sites for hydroxylation is 1. The lowest BCUT2D eigenvalue weighted by atomic mass is 10.2. The molecule has 1 atom stereocenters. The maximum Gasteiger partial charge on any atom is 0.149 e. The number of rotatable bonds is 3. The van der Waals surface area contributed by atoms with Crippen LogP contribution in [0, 0.1) is 12.7 Å². The van der Waals surface area contributed by atoms with Gasteiger partial charge in [0, 0.05) is 17.6 Å². The van der Waals surface area contributed by atoms with E-state index in [0.717, 1.165) is 0 Å². The molecule has 0 aromatic carbocycles. The lowest BCUT2D eigenvalue weighted by Crippen LogP contribution is -2.39. The summed E-state index contributed by atoms with van der Waals surface area (Å²) in [5, 5.41) is 0. The Hall–Kier alpha value is -0.650. The lowest BCUT2D eigenvalue weighted by molar-refractivity contribution is 0.537. The Bertz CT molecular complexity index is 365. The molecule has 0 radical (unpaired) electrons. The Kier molecular flexibility index (Phi) is 4.29. The van der Waals surface area contributed by atoms with Gasteiger partial charge >= 0.3 is 0 Å². The predicted molar refractivity (Wildman–Crippen MR) is 63.7 cm³/mol. The van der Waals surface area contributed by atoms with Crippen LogP contribution in [0.25, 0.3) is 0 Å². The summed E-state index contributed by atoms with van der Waals surface area (Å²) in [6.45, 7) is 7.43. The highest BCUT2D eigenvalue weighted by Crippen LogP contribution is 2.14. The van der Waals surface area contributed by atoms with Crippen LogP contribution in [0.4, 0.5) is 4.39 Å². The summed E-state index contributed by atoms with van der Waals surface area (Å²) >= 11 is -1.21. The molecule has 1 rings (SSSR count). The molecule has 0 bridgehead atoms. The van der Waals surface area contributed by atoms with E-state index >= 15 is 0 Å². The first-order chi connectivity index (χ1) is 7.32. The van der Waals surface area contributed by atoms with Gasteiger partial charge in [-0.1, -0.05) is 0 Å². The Morgan fingerprint density at radius 1 is 1.50 bits per heavy atom. The molecule has 1 aromatic rings. The highest BCUT2D eigenvalue weighted by molar-refractivity contribution is 7.90. The molecular formula is C11H17FN2OS. The first kappa shape index (κ1) is 13.4. The summed E-state index contributed by atoms with van der Waals surface area (Å²) in [6.07, 6.45) is 1.55. The molecule has 90 valence electrons. The van der Waals surface area contributed by atoms with Gasteiger partial charge in [-0.25, -0.2) is 4.39 Å². The van der Waals surface area contributed by atoms with Crippen LogP contribution in [0.2, 0.25) is 0 Å². The number of nitrogens with zero attached hydrogens (tertiary/aromatic N) is 1. The van der Waals surface area contributed by atoms with E-state index in [9.17, 15) is 8.94 Å². The van der Waals surface area contributed by atoms with Crippen molar-refractivity contribution in [3.8, 4) is 0 Å². The molecular weight excluding hydrogens is 227 g/mol. The third-order valence-corrected chi connectivity index (χ3v) is 3.60. The number of aromatic nitrogens is 1. The third kappa shape index (κ3) is 3.43. The fourth-order valence-electron chi connectivity index (χ4n) is 1.07. The van der Waals surface area contributed by atoms with E-state index in [0.29, 0.717) is 11.3 Å². The van der Waals surface area contributed by atoms with Crippen molar-refractivity contribution in [1.29, 1.82) is 0 Å². The van der Waals surface area contributed by atoms with Gasteiger partial charge in [-0.3, -0.25) is 4.98 Å². The van der Waals surface area contributed by atoms with Crippen LogP contribution in [-0.4, -0.2) is 14.3 Å². The molecule has 1 aromatic heterocycles. The van der Waals surface area contributed by atoms with E-state index in [1.807, 2.05) is 20.8 Å². The largest absolute Gasteiger partial charge is 0.598 e. The van der Waals surface area contributed by atoms with Crippen LogP contribution in [-0.2, 0) is 17.9 Å². The van der Waals surface area contributed by atoms with E-state index in [4.69, 9.17) is 0 Å². The van der Waals surface area contributed by atoms with E-state index < -0.39 is 11.4 Å². The average molecular weight is 244 g/mol. The topological polar surface area (TPSA) is 48.0 Å². The second-order valence-corrected chi connectivity index (χ2v) is 6.64. The van der Waals surface area contributed by atoms with Crippen molar-refractivity contribution in [1.82, 2.24) is 9.71 Å². The average Bonchev–Trinajstić information content (AvgIpc) is 2.18. The van der Waals surface area contributed by atoms with Crippen LogP contribution < -0.4 is 4.72 Å². The van der Waals surface area contributed by atoms with Gasteiger partial charge in [0.05, 0.1) is 12.2 Å². The zero-order valence-corrected chi connectivity index (χ0v) is 10.8. The summed E-state index contributed by atoms with van der Waals surface area (Å²) in [6, 6.07) is 1.61. The van der Waals surface area contributed by atoms with Crippen LogP contribution in [0.5, 0.6) is 0 Å². The highest BCUT2D eigenvalue weighted by atomic mass is 32.2. The Labute approximate surface area is 98.8 Å². The molecule has 0 saturated heterocycles. The number of pyridine rings is 1. The quantitative estimate of drug-likeness (QED) is 0.828. The van der Waals surface area contributed by atoms with Crippen molar-refractivity contribution in [2.24, 2.45) is 0 Å². The van der Waals surface area contributed by atoms with Gasteiger partial charge in [-0.05, 0) is 39.3 Å². The second-order valence-electron chi connectivity index (χ2n) is 4.59. The molecule has 1 heterocycles. The van der Waals surface area contributed by atoms with Crippen LogP contribution in [0.15, 0.2) is 12.3 Å². The molecule has 0 aliphatic heterocycles. The van der Waals surface area contributed by atoms with E-state index in [2.05, 4.69) is 9.71 Å². The van der Waals surface area contributed by atoms with Crippen LogP contribution in [0.3, 0.4) is 0 Å². The minimum atomic E-state index is -1.21. The molecule has 16 heavy (non-hydrogen) atoms. The summed E-state index contributed by atoms with van der Waals surface area (Å²) in [5.74, 6) is -0.332. The predicted octanol–water partition coefficient (Wildman–Crippen LogP) is 2.08. The first-order valence-corrected chi connectivity index (χ1v) is 6.22. The summed E-state index contributed by atoms with van der Waals surface area (Å²) in [7, 11) is 0. The van der Waals surface area contributed by atoms with Crippen LogP contribution >= 0.6 is 0 Å². The molecule has 0 aliphatic carbocycles. The normalized spacial score (nSPS) is 13.9. The minimum absolute atomic E-state index is 0.178. The number of halogens is 1. The van der Waals surface area contributed by atoms with Crippen molar-refractivity contribution in [2.45, 2.75) is 39.0 Å². The van der Waals surface area contributed by atoms with Crippen molar-refractivity contribution in [2.75, 3.05) is 0 Å². The number of nitrogens with one attached hydrogen (secondary N) is 1. The molecule has 0 aliphatic rings. The van der Waals surface area contributed by atoms with E-state index in [1.165, 1.54) is 0 Å². The molecule has 0 spiro atoms. The molecule has 0 saturated carbocycles. The van der Waals surface area contributed by atoms with Gasteiger partial charge < -0.3 is 4.55 Å². The molecule has 0 unspecified atom stereocenters. The van der Waals surface area contributed by atoms with Gasteiger partial charge in [-0.2, -0.15) is 0 Å². The van der Waals surface area contributed by atoms with Crippen molar-refractivity contribution in [3.05, 3.63) is 29.3 Å². The Morgan fingerprint density at radius 3 is 2.69 bits per heavy atom. The van der Waals surface area contributed by atoms with Crippen molar-refractivity contribution in [3.63, 3.8) is 0 Å². The maximum absolute atomic E-state index is 13.5. The minimum Gasteiger partial charge on any atom is -0.598 e. The zero-order valence-electron chi connectivity index (χ0n) is 10.0. The second kappa shape index (κ2) is 5.12. The Balaban J connectivity index is 2.65. The monoisotopic (exact) mass is 244 g/mol. The van der Waals surface area contributed by atoms with Gasteiger partial charge in [0.1, 0.15) is 10.6 Å². The highest BCUT2D eigenvalue weighted by Gasteiger charge is 2.26. The number of hydrogen-bond donors (Lipinski definition) is 1. The maximum atomic E-state index is 13.5. The first-order valence-electron chi connectivity index (χ1n) is 5.07.